The predicted octanol–water partition coefficient (Wildman–Crippen LogP) is 0.915. The molecule has 0 fully saturated rings. The molecule has 1 aromatic carbocycles. The van der Waals surface area contributed by atoms with Crippen molar-refractivity contribution in [2.75, 3.05) is 25.2 Å². The zero-order chi connectivity index (χ0) is 15.0. The largest absolute Gasteiger partial charge is 0.492 e. The second kappa shape index (κ2) is 7.50. The van der Waals surface area contributed by atoms with Gasteiger partial charge in [0.1, 0.15) is 12.4 Å². The summed E-state index contributed by atoms with van der Waals surface area (Å²) < 4.78 is 32.9. The minimum atomic E-state index is -3.36. The molecule has 108 valence electrons. The molecule has 0 saturated heterocycles. The van der Waals surface area contributed by atoms with Crippen molar-refractivity contribution in [3.63, 3.8) is 0 Å². The molecular weight excluding hydrogens is 282 g/mol. The summed E-state index contributed by atoms with van der Waals surface area (Å²) >= 11 is 0. The van der Waals surface area contributed by atoms with Gasteiger partial charge in [0.05, 0.1) is 36.7 Å². The average molecular weight is 297 g/mol. The van der Waals surface area contributed by atoms with E-state index in [0.717, 1.165) is 0 Å². The van der Waals surface area contributed by atoms with Crippen molar-refractivity contribution < 1.29 is 22.7 Å². The van der Waals surface area contributed by atoms with Crippen molar-refractivity contribution in [1.82, 2.24) is 0 Å². The van der Waals surface area contributed by atoms with E-state index < -0.39 is 15.8 Å². The molecule has 0 atom stereocenters. The highest BCUT2D eigenvalue weighted by Crippen LogP contribution is 2.12. The third kappa shape index (κ3) is 5.71. The van der Waals surface area contributed by atoms with Gasteiger partial charge in [-0.15, -0.1) is 0 Å². The number of hydrogen-bond acceptors (Lipinski definition) is 6. The van der Waals surface area contributed by atoms with E-state index in [1.807, 2.05) is 6.07 Å². The predicted molar refractivity (Wildman–Crippen MR) is 71.9 cm³/mol. The van der Waals surface area contributed by atoms with Gasteiger partial charge in [-0.25, -0.2) is 8.42 Å². The van der Waals surface area contributed by atoms with E-state index in [0.29, 0.717) is 11.3 Å². The van der Waals surface area contributed by atoms with Crippen LogP contribution in [0.15, 0.2) is 24.3 Å². The number of nitrogens with zero attached hydrogens (tertiary/aromatic N) is 1. The molecule has 0 heterocycles. The fourth-order valence-corrected chi connectivity index (χ4v) is 2.40. The van der Waals surface area contributed by atoms with Gasteiger partial charge < -0.3 is 9.47 Å². The molecule has 7 heteroatoms. The Hall–Kier alpha value is -2.07. The van der Waals surface area contributed by atoms with Crippen LogP contribution in [0.1, 0.15) is 12.0 Å². The van der Waals surface area contributed by atoms with Crippen LogP contribution in [0.3, 0.4) is 0 Å². The molecule has 0 radical (unpaired) electrons. The van der Waals surface area contributed by atoms with Crippen molar-refractivity contribution in [3.05, 3.63) is 29.8 Å². The van der Waals surface area contributed by atoms with E-state index >= 15 is 0 Å². The number of rotatable bonds is 7. The Labute approximate surface area is 117 Å². The molecular formula is C13H15NO5S. The topological polar surface area (TPSA) is 93.5 Å². The molecule has 0 spiro atoms. The van der Waals surface area contributed by atoms with Crippen molar-refractivity contribution in [2.45, 2.75) is 6.42 Å². The first-order valence-electron chi connectivity index (χ1n) is 5.87. The number of nitriles is 1. The number of sulfone groups is 1. The molecule has 0 aliphatic rings. The smallest absolute Gasteiger partial charge is 0.306 e. The fraction of sp³-hybridized carbons (Fsp3) is 0.385. The van der Waals surface area contributed by atoms with E-state index in [4.69, 9.17) is 10.00 Å². The van der Waals surface area contributed by atoms with Crippen LogP contribution in [-0.2, 0) is 19.4 Å². The van der Waals surface area contributed by atoms with Crippen molar-refractivity contribution in [2.24, 2.45) is 0 Å². The third-order valence-corrected chi connectivity index (χ3v) is 4.09. The highest BCUT2D eigenvalue weighted by molar-refractivity contribution is 7.91. The van der Waals surface area contributed by atoms with Crippen LogP contribution in [-0.4, -0.2) is 39.6 Å². The molecule has 1 aromatic rings. The molecule has 0 aliphatic heterocycles. The summed E-state index contributed by atoms with van der Waals surface area (Å²) in [5.74, 6) is -0.578. The lowest BCUT2D eigenvalue weighted by Crippen LogP contribution is -2.19. The Balaban J connectivity index is 2.43. The van der Waals surface area contributed by atoms with Crippen LogP contribution in [0.4, 0.5) is 0 Å². The van der Waals surface area contributed by atoms with Crippen LogP contribution in [0, 0.1) is 11.3 Å². The normalized spacial score (nSPS) is 10.6. The Kier molecular flexibility index (Phi) is 6.00. The first kappa shape index (κ1) is 16.0. The lowest BCUT2D eigenvalue weighted by atomic mass is 10.2. The van der Waals surface area contributed by atoms with Crippen LogP contribution >= 0.6 is 0 Å². The number of ether oxygens (including phenoxy) is 2. The summed E-state index contributed by atoms with van der Waals surface area (Å²) in [5, 5.41) is 8.72. The first-order valence-corrected chi connectivity index (χ1v) is 7.69. The number of esters is 1. The Morgan fingerprint density at radius 2 is 2.10 bits per heavy atom. The SMILES string of the molecule is COC(=O)CCS(=O)(=O)CCOc1cccc(C#N)c1. The second-order valence-electron chi connectivity index (χ2n) is 3.97. The van der Waals surface area contributed by atoms with Gasteiger partial charge in [-0.3, -0.25) is 4.79 Å². The molecule has 1 rings (SSSR count). The van der Waals surface area contributed by atoms with Gasteiger partial charge in [0.2, 0.25) is 0 Å². The lowest BCUT2D eigenvalue weighted by molar-refractivity contribution is -0.140. The highest BCUT2D eigenvalue weighted by atomic mass is 32.2. The van der Waals surface area contributed by atoms with Gasteiger partial charge in [-0.1, -0.05) is 6.07 Å². The van der Waals surface area contributed by atoms with E-state index in [1.54, 1.807) is 18.2 Å². The van der Waals surface area contributed by atoms with Crippen molar-refractivity contribution >= 4 is 15.8 Å². The van der Waals surface area contributed by atoms with Crippen LogP contribution < -0.4 is 4.74 Å². The molecule has 6 nitrogen and oxygen atoms in total. The lowest BCUT2D eigenvalue weighted by Gasteiger charge is -2.07. The summed E-state index contributed by atoms with van der Waals surface area (Å²) in [6.07, 6.45) is -0.164. The first-order chi connectivity index (χ1) is 9.46. The third-order valence-electron chi connectivity index (χ3n) is 2.47. The molecule has 0 amide bonds. The molecule has 0 bridgehead atoms. The number of methoxy groups -OCH3 is 1. The monoisotopic (exact) mass is 297 g/mol. The van der Waals surface area contributed by atoms with Gasteiger partial charge in [-0.05, 0) is 18.2 Å². The maximum absolute atomic E-state index is 11.6. The molecule has 0 aromatic heterocycles. The quantitative estimate of drug-likeness (QED) is 0.695. The Morgan fingerprint density at radius 3 is 2.75 bits per heavy atom. The van der Waals surface area contributed by atoms with E-state index in [2.05, 4.69) is 4.74 Å². The molecule has 0 aliphatic carbocycles. The summed E-state index contributed by atoms with van der Waals surface area (Å²) in [6.45, 7) is -0.0294. The summed E-state index contributed by atoms with van der Waals surface area (Å²) in [5.41, 5.74) is 0.441. The molecule has 0 saturated carbocycles. The van der Waals surface area contributed by atoms with E-state index in [1.165, 1.54) is 13.2 Å². The Bertz CT molecular complexity index is 603. The summed E-state index contributed by atoms with van der Waals surface area (Å²) in [6, 6.07) is 8.41. The molecule has 20 heavy (non-hydrogen) atoms. The number of benzene rings is 1. The standard InChI is InChI=1S/C13H15NO5S/c1-18-13(15)5-7-20(16,17)8-6-19-12-4-2-3-11(9-12)10-14/h2-4,9H,5-8H2,1H3. The zero-order valence-corrected chi connectivity index (χ0v) is 11.9. The van der Waals surface area contributed by atoms with Gasteiger partial charge in [0.15, 0.2) is 9.84 Å². The number of hydrogen-bond donors (Lipinski definition) is 0. The molecule has 0 N–H and O–H groups in total. The van der Waals surface area contributed by atoms with Gasteiger partial charge in [-0.2, -0.15) is 5.26 Å². The average Bonchev–Trinajstić information content (AvgIpc) is 2.45. The van der Waals surface area contributed by atoms with Crippen molar-refractivity contribution in [3.8, 4) is 11.8 Å². The number of carbonyl (C=O) groups is 1. The van der Waals surface area contributed by atoms with Crippen molar-refractivity contribution in [1.29, 1.82) is 5.26 Å². The zero-order valence-electron chi connectivity index (χ0n) is 11.0. The van der Waals surface area contributed by atoms with E-state index in [-0.39, 0.29) is 24.5 Å². The Morgan fingerprint density at radius 1 is 1.35 bits per heavy atom. The van der Waals surface area contributed by atoms with Gasteiger partial charge >= 0.3 is 5.97 Å². The van der Waals surface area contributed by atoms with Crippen LogP contribution in [0.5, 0.6) is 5.75 Å². The maximum Gasteiger partial charge on any atom is 0.306 e. The maximum atomic E-state index is 11.6. The second-order valence-corrected chi connectivity index (χ2v) is 6.27. The minimum absolute atomic E-state index is 0.0294. The van der Waals surface area contributed by atoms with E-state index in [9.17, 15) is 13.2 Å². The van der Waals surface area contributed by atoms with Gasteiger partial charge in [0, 0.05) is 0 Å². The fourth-order valence-electron chi connectivity index (χ4n) is 1.38. The number of carbonyl (C=O) groups excluding carboxylic acids is 1. The minimum Gasteiger partial charge on any atom is -0.492 e. The molecule has 0 unspecified atom stereocenters. The summed E-state index contributed by atoms with van der Waals surface area (Å²) in [4.78, 5) is 10.9. The van der Waals surface area contributed by atoms with Crippen LogP contribution in [0.2, 0.25) is 0 Å². The highest BCUT2D eigenvalue weighted by Gasteiger charge is 2.14. The van der Waals surface area contributed by atoms with Crippen LogP contribution in [0.25, 0.3) is 0 Å². The summed E-state index contributed by atoms with van der Waals surface area (Å²) in [7, 11) is -2.15. The van der Waals surface area contributed by atoms with Gasteiger partial charge in [0.25, 0.3) is 0 Å².